The van der Waals surface area contributed by atoms with Crippen LogP contribution in [0.2, 0.25) is 0 Å². The number of carbonyl (C=O) groups is 1. The van der Waals surface area contributed by atoms with Gasteiger partial charge in [-0.1, -0.05) is 12.1 Å². The molecule has 1 heterocycles. The van der Waals surface area contributed by atoms with Gasteiger partial charge in [0, 0.05) is 12.2 Å². The molecule has 0 unspecified atom stereocenters. The van der Waals surface area contributed by atoms with E-state index in [2.05, 4.69) is 4.72 Å². The van der Waals surface area contributed by atoms with E-state index in [1.165, 1.54) is 24.3 Å². The molecule has 0 saturated carbocycles. The zero-order chi connectivity index (χ0) is 18.9. The summed E-state index contributed by atoms with van der Waals surface area (Å²) < 4.78 is 27.6. The Hall–Kier alpha value is -2.69. The molecule has 2 aromatic carbocycles. The number of nitrogens with zero attached hydrogens (tertiary/aromatic N) is 2. The van der Waals surface area contributed by atoms with Gasteiger partial charge in [0.2, 0.25) is 15.9 Å². The number of carbonyl (C=O) groups excluding carboxylic acids is 1. The van der Waals surface area contributed by atoms with Crippen LogP contribution in [0, 0.1) is 25.2 Å². The van der Waals surface area contributed by atoms with E-state index in [0.29, 0.717) is 13.0 Å². The zero-order valence-electron chi connectivity index (χ0n) is 14.6. The molecule has 0 spiro atoms. The van der Waals surface area contributed by atoms with Crippen LogP contribution in [0.15, 0.2) is 47.4 Å². The van der Waals surface area contributed by atoms with E-state index in [1.807, 2.05) is 38.1 Å². The minimum atomic E-state index is -3.88. The molecule has 0 aromatic heterocycles. The van der Waals surface area contributed by atoms with Crippen molar-refractivity contribution in [1.29, 1.82) is 5.26 Å². The zero-order valence-corrected chi connectivity index (χ0v) is 15.4. The van der Waals surface area contributed by atoms with Crippen molar-refractivity contribution in [1.82, 2.24) is 4.72 Å². The van der Waals surface area contributed by atoms with Crippen LogP contribution >= 0.6 is 0 Å². The molecular weight excluding hydrogens is 350 g/mol. The van der Waals surface area contributed by atoms with Crippen molar-refractivity contribution in [3.63, 3.8) is 0 Å². The van der Waals surface area contributed by atoms with E-state index in [9.17, 15) is 13.2 Å². The van der Waals surface area contributed by atoms with Gasteiger partial charge in [-0.15, -0.1) is 0 Å². The van der Waals surface area contributed by atoms with Gasteiger partial charge in [-0.25, -0.2) is 8.42 Å². The molecule has 1 amide bonds. The number of benzene rings is 2. The average molecular weight is 369 g/mol. The van der Waals surface area contributed by atoms with Crippen LogP contribution in [-0.2, 0) is 14.8 Å². The van der Waals surface area contributed by atoms with Crippen LogP contribution in [-0.4, -0.2) is 26.9 Å². The third kappa shape index (κ3) is 3.47. The Morgan fingerprint density at radius 1 is 1.15 bits per heavy atom. The summed E-state index contributed by atoms with van der Waals surface area (Å²) in [5, 5.41) is 8.93. The lowest BCUT2D eigenvalue weighted by molar-refractivity contribution is -0.118. The van der Waals surface area contributed by atoms with Gasteiger partial charge in [-0.2, -0.15) is 9.98 Å². The second kappa shape index (κ2) is 6.90. The van der Waals surface area contributed by atoms with Crippen LogP contribution in [0.3, 0.4) is 0 Å². The third-order valence-electron chi connectivity index (χ3n) is 4.58. The standard InChI is InChI=1S/C19H19N3O3S/c1-13-6-7-16(10-14(13)2)22-9-8-18(19(22)23)21-26(24,25)17-5-3-4-15(11-17)12-20/h3-7,10-11,18,21H,8-9H2,1-2H3/t18-/m1/s1. The van der Waals surface area contributed by atoms with Crippen molar-refractivity contribution in [3.8, 4) is 6.07 Å². The van der Waals surface area contributed by atoms with Crippen LogP contribution in [0.1, 0.15) is 23.1 Å². The van der Waals surface area contributed by atoms with Crippen molar-refractivity contribution in [2.45, 2.75) is 31.2 Å². The van der Waals surface area contributed by atoms with Crippen LogP contribution in [0.4, 0.5) is 5.69 Å². The fourth-order valence-electron chi connectivity index (χ4n) is 2.93. The first kappa shape index (κ1) is 18.1. The molecule has 1 atom stereocenters. The van der Waals surface area contributed by atoms with Crippen molar-refractivity contribution in [2.24, 2.45) is 0 Å². The highest BCUT2D eigenvalue weighted by Crippen LogP contribution is 2.25. The van der Waals surface area contributed by atoms with E-state index in [0.717, 1.165) is 16.8 Å². The predicted octanol–water partition coefficient (Wildman–Crippen LogP) is 2.26. The fourth-order valence-corrected chi connectivity index (χ4v) is 4.20. The molecule has 0 radical (unpaired) electrons. The monoisotopic (exact) mass is 369 g/mol. The molecule has 2 aromatic rings. The molecular formula is C19H19N3O3S. The summed E-state index contributed by atoms with van der Waals surface area (Å²) >= 11 is 0. The summed E-state index contributed by atoms with van der Waals surface area (Å²) in [6.07, 6.45) is 0.392. The van der Waals surface area contributed by atoms with E-state index in [4.69, 9.17) is 5.26 Å². The largest absolute Gasteiger partial charge is 0.311 e. The van der Waals surface area contributed by atoms with Crippen molar-refractivity contribution >= 4 is 21.6 Å². The van der Waals surface area contributed by atoms with Gasteiger partial charge in [0.15, 0.2) is 0 Å². The number of anilines is 1. The number of hydrogen-bond acceptors (Lipinski definition) is 4. The molecule has 7 heteroatoms. The molecule has 134 valence electrons. The average Bonchev–Trinajstić information content (AvgIpc) is 2.97. The quantitative estimate of drug-likeness (QED) is 0.895. The lowest BCUT2D eigenvalue weighted by atomic mass is 10.1. The highest BCUT2D eigenvalue weighted by atomic mass is 32.2. The molecule has 3 rings (SSSR count). The molecule has 1 aliphatic rings. The van der Waals surface area contributed by atoms with Crippen LogP contribution in [0.25, 0.3) is 0 Å². The van der Waals surface area contributed by atoms with E-state index in [1.54, 1.807) is 4.90 Å². The van der Waals surface area contributed by atoms with Gasteiger partial charge in [-0.05, 0) is 61.7 Å². The van der Waals surface area contributed by atoms with Gasteiger partial charge < -0.3 is 4.90 Å². The topological polar surface area (TPSA) is 90.3 Å². The van der Waals surface area contributed by atoms with E-state index >= 15 is 0 Å². The summed E-state index contributed by atoms with van der Waals surface area (Å²) in [6, 6.07) is 12.6. The minimum Gasteiger partial charge on any atom is -0.311 e. The molecule has 1 aliphatic heterocycles. The van der Waals surface area contributed by atoms with Gasteiger partial charge in [0.1, 0.15) is 6.04 Å². The summed E-state index contributed by atoms with van der Waals surface area (Å²) in [7, 11) is -3.88. The van der Waals surface area contributed by atoms with Gasteiger partial charge in [-0.3, -0.25) is 4.79 Å². The first-order valence-electron chi connectivity index (χ1n) is 8.23. The number of nitriles is 1. The molecule has 1 saturated heterocycles. The predicted molar refractivity (Wildman–Crippen MR) is 98.2 cm³/mol. The first-order valence-corrected chi connectivity index (χ1v) is 9.71. The van der Waals surface area contributed by atoms with Crippen molar-refractivity contribution < 1.29 is 13.2 Å². The SMILES string of the molecule is Cc1ccc(N2CC[C@@H](NS(=O)(=O)c3cccc(C#N)c3)C2=O)cc1C. The Labute approximate surface area is 153 Å². The number of nitrogens with one attached hydrogen (secondary N) is 1. The Kier molecular flexibility index (Phi) is 4.81. The molecule has 1 N–H and O–H groups in total. The molecule has 26 heavy (non-hydrogen) atoms. The summed E-state index contributed by atoms with van der Waals surface area (Å²) in [5.74, 6) is -0.270. The highest BCUT2D eigenvalue weighted by Gasteiger charge is 2.35. The number of hydrogen-bond donors (Lipinski definition) is 1. The molecule has 6 nitrogen and oxygen atoms in total. The maximum atomic E-state index is 12.7. The van der Waals surface area contributed by atoms with Crippen LogP contribution < -0.4 is 9.62 Å². The van der Waals surface area contributed by atoms with Crippen LogP contribution in [0.5, 0.6) is 0 Å². The maximum absolute atomic E-state index is 12.7. The summed E-state index contributed by atoms with van der Waals surface area (Å²) in [4.78, 5) is 14.3. The highest BCUT2D eigenvalue weighted by molar-refractivity contribution is 7.89. The van der Waals surface area contributed by atoms with Gasteiger partial charge >= 0.3 is 0 Å². The number of sulfonamides is 1. The Balaban J connectivity index is 1.80. The third-order valence-corrected chi connectivity index (χ3v) is 6.05. The molecule has 0 aliphatic carbocycles. The molecule has 1 fully saturated rings. The maximum Gasteiger partial charge on any atom is 0.245 e. The number of rotatable bonds is 4. The number of amides is 1. The second-order valence-corrected chi connectivity index (χ2v) is 8.07. The Morgan fingerprint density at radius 3 is 2.62 bits per heavy atom. The lowest BCUT2D eigenvalue weighted by Crippen LogP contribution is -2.41. The Bertz CT molecular complexity index is 1010. The van der Waals surface area contributed by atoms with Gasteiger partial charge in [0.25, 0.3) is 0 Å². The minimum absolute atomic E-state index is 0.0195. The normalized spacial score (nSPS) is 17.3. The Morgan fingerprint density at radius 2 is 1.92 bits per heavy atom. The van der Waals surface area contributed by atoms with Crippen molar-refractivity contribution in [3.05, 3.63) is 59.2 Å². The summed E-state index contributed by atoms with van der Waals surface area (Å²) in [6.45, 7) is 4.42. The van der Waals surface area contributed by atoms with Crippen molar-refractivity contribution in [2.75, 3.05) is 11.4 Å². The van der Waals surface area contributed by atoms with Gasteiger partial charge in [0.05, 0.1) is 16.5 Å². The first-order chi connectivity index (χ1) is 12.3. The summed E-state index contributed by atoms with van der Waals surface area (Å²) in [5.41, 5.74) is 3.23. The lowest BCUT2D eigenvalue weighted by Gasteiger charge is -2.18. The fraction of sp³-hybridized carbons (Fsp3) is 0.263. The molecule has 0 bridgehead atoms. The number of aryl methyl sites for hydroxylation is 2. The van der Waals surface area contributed by atoms with E-state index in [-0.39, 0.29) is 16.4 Å². The van der Waals surface area contributed by atoms with E-state index < -0.39 is 16.1 Å². The second-order valence-electron chi connectivity index (χ2n) is 6.36. The smallest absolute Gasteiger partial charge is 0.245 e.